The van der Waals surface area contributed by atoms with Crippen molar-refractivity contribution >= 4 is 29.6 Å². The van der Waals surface area contributed by atoms with Crippen molar-refractivity contribution in [1.29, 1.82) is 0 Å². The molecule has 1 aromatic carbocycles. The summed E-state index contributed by atoms with van der Waals surface area (Å²) in [4.78, 5) is 59.8. The molecule has 0 saturated carbocycles. The largest absolute Gasteiger partial charge is 0.481 e. The first-order chi connectivity index (χ1) is 19.3. The van der Waals surface area contributed by atoms with E-state index in [9.17, 15) is 34.2 Å². The van der Waals surface area contributed by atoms with E-state index in [2.05, 4.69) is 16.0 Å². The smallest absolute Gasteiger partial charge is 0.303 e. The summed E-state index contributed by atoms with van der Waals surface area (Å²) in [6.07, 6.45) is -7.01. The molecule has 8 N–H and O–H groups in total. The third-order valence-corrected chi connectivity index (χ3v) is 6.27. The van der Waals surface area contributed by atoms with Gasteiger partial charge < -0.3 is 51.2 Å². The Kier molecular flexibility index (Phi) is 13.1. The van der Waals surface area contributed by atoms with Crippen LogP contribution in [0.3, 0.4) is 0 Å². The van der Waals surface area contributed by atoms with E-state index in [4.69, 9.17) is 25.1 Å². The molecule has 1 aliphatic heterocycles. The van der Waals surface area contributed by atoms with Gasteiger partial charge in [0.25, 0.3) is 0 Å². The number of rotatable bonds is 15. The molecule has 41 heavy (non-hydrogen) atoms. The minimum absolute atomic E-state index is 0.0734. The first kappa shape index (κ1) is 33.6. The van der Waals surface area contributed by atoms with Crippen LogP contribution in [-0.2, 0) is 44.8 Å². The van der Waals surface area contributed by atoms with Crippen LogP contribution in [-0.4, -0.2) is 100 Å². The molecule has 1 aromatic rings. The number of aliphatic carboxylic acids is 1. The summed E-state index contributed by atoms with van der Waals surface area (Å²) in [5.74, 6) is -4.19. The number of hydrogen-bond donors (Lipinski definition) is 7. The first-order valence-corrected chi connectivity index (χ1v) is 13.0. The van der Waals surface area contributed by atoms with Gasteiger partial charge in [0.2, 0.25) is 23.6 Å². The number of primary amides is 1. The molecule has 8 atom stereocenters. The van der Waals surface area contributed by atoms with Crippen molar-refractivity contribution in [3.63, 3.8) is 0 Å². The summed E-state index contributed by atoms with van der Waals surface area (Å²) >= 11 is 0. The quantitative estimate of drug-likeness (QED) is 0.118. The normalized spacial score (nSPS) is 24.4. The number of carboxylic acid groups (broad SMARTS) is 1. The standard InChI is InChI=1S/C26H38N4O11/c1-13(24(37)30-17(23(27)36)9-10-19(33)34)28-25(38)14(2)40-22-20(29-15(3)32)26(41-18(11-31)21(22)35)39-12-16-7-5-4-6-8-16/h4-8,13-14,17-18,20-22,26,31,35H,9-12H2,1-3H3,(H2,27,36)(H,28,38)(H,29,32)(H,30,37)(H,33,34)/t13-,14+,17+,18+,20+,21+,22+,26-/m0/s1. The van der Waals surface area contributed by atoms with Gasteiger partial charge in [-0.15, -0.1) is 0 Å². The van der Waals surface area contributed by atoms with E-state index in [0.717, 1.165) is 5.56 Å². The second-order valence-corrected chi connectivity index (χ2v) is 9.61. The van der Waals surface area contributed by atoms with Crippen molar-refractivity contribution in [2.24, 2.45) is 5.73 Å². The number of carbonyl (C=O) groups is 5. The third-order valence-electron chi connectivity index (χ3n) is 6.27. The number of carboxylic acids is 1. The Morgan fingerprint density at radius 3 is 2.29 bits per heavy atom. The molecule has 0 aromatic heterocycles. The third kappa shape index (κ3) is 10.4. The van der Waals surface area contributed by atoms with Gasteiger partial charge in [-0.25, -0.2) is 0 Å². The summed E-state index contributed by atoms with van der Waals surface area (Å²) in [6.45, 7) is 3.37. The highest BCUT2D eigenvalue weighted by Crippen LogP contribution is 2.26. The average Bonchev–Trinajstić information content (AvgIpc) is 2.92. The molecule has 0 spiro atoms. The SMILES string of the molecule is CC(=O)N[C@H]1[C@@H](OCc2ccccc2)O[C@H](CO)[C@@H](O)[C@@H]1O[C@H](C)C(=O)N[C@@H](C)C(=O)N[C@H](CCC(=O)O)C(N)=O. The average molecular weight is 583 g/mol. The van der Waals surface area contributed by atoms with Gasteiger partial charge in [-0.2, -0.15) is 0 Å². The van der Waals surface area contributed by atoms with E-state index in [1.165, 1.54) is 20.8 Å². The second-order valence-electron chi connectivity index (χ2n) is 9.61. The van der Waals surface area contributed by atoms with Crippen molar-refractivity contribution in [3.05, 3.63) is 35.9 Å². The first-order valence-electron chi connectivity index (χ1n) is 13.0. The number of aliphatic hydroxyl groups excluding tert-OH is 2. The molecule has 1 saturated heterocycles. The number of nitrogens with two attached hydrogens (primary N) is 1. The lowest BCUT2D eigenvalue weighted by Gasteiger charge is -2.44. The maximum atomic E-state index is 12.9. The summed E-state index contributed by atoms with van der Waals surface area (Å²) in [6, 6.07) is 5.54. The number of ether oxygens (including phenoxy) is 3. The van der Waals surface area contributed by atoms with Crippen LogP contribution in [0.2, 0.25) is 0 Å². The molecule has 1 aliphatic rings. The number of amides is 4. The minimum Gasteiger partial charge on any atom is -0.481 e. The minimum atomic E-state index is -1.48. The van der Waals surface area contributed by atoms with Crippen LogP contribution in [0, 0.1) is 0 Å². The number of carbonyl (C=O) groups excluding carboxylic acids is 4. The highest BCUT2D eigenvalue weighted by atomic mass is 16.7. The Balaban J connectivity index is 2.10. The summed E-state index contributed by atoms with van der Waals surface area (Å²) in [5, 5.41) is 36.8. The Morgan fingerprint density at radius 2 is 1.73 bits per heavy atom. The fourth-order valence-electron chi connectivity index (χ4n) is 4.06. The molecule has 228 valence electrons. The zero-order valence-corrected chi connectivity index (χ0v) is 23.0. The topological polar surface area (TPSA) is 236 Å². The molecular formula is C26H38N4O11. The Morgan fingerprint density at radius 1 is 1.07 bits per heavy atom. The van der Waals surface area contributed by atoms with Gasteiger partial charge in [0, 0.05) is 13.3 Å². The lowest BCUT2D eigenvalue weighted by molar-refractivity contribution is -0.283. The molecule has 0 aliphatic carbocycles. The molecule has 2 rings (SSSR count). The molecule has 0 unspecified atom stereocenters. The van der Waals surface area contributed by atoms with Crippen molar-refractivity contribution < 1.29 is 53.5 Å². The van der Waals surface area contributed by atoms with E-state index < -0.39 is 91.5 Å². The lowest BCUT2D eigenvalue weighted by Crippen LogP contribution is -2.66. The van der Waals surface area contributed by atoms with Crippen molar-refractivity contribution in [3.8, 4) is 0 Å². The van der Waals surface area contributed by atoms with Crippen LogP contribution >= 0.6 is 0 Å². The molecular weight excluding hydrogens is 544 g/mol. The molecule has 15 nitrogen and oxygen atoms in total. The summed E-state index contributed by atoms with van der Waals surface area (Å²) < 4.78 is 17.4. The Bertz CT molecular complexity index is 1060. The van der Waals surface area contributed by atoms with Gasteiger partial charge in [-0.3, -0.25) is 24.0 Å². The van der Waals surface area contributed by atoms with Crippen LogP contribution in [0.25, 0.3) is 0 Å². The molecule has 1 fully saturated rings. The lowest BCUT2D eigenvalue weighted by atomic mass is 9.96. The highest BCUT2D eigenvalue weighted by Gasteiger charge is 2.48. The maximum Gasteiger partial charge on any atom is 0.303 e. The van der Waals surface area contributed by atoms with Gasteiger partial charge in [0.1, 0.15) is 42.5 Å². The van der Waals surface area contributed by atoms with Crippen LogP contribution in [0.5, 0.6) is 0 Å². The van der Waals surface area contributed by atoms with Crippen LogP contribution in [0.1, 0.15) is 39.2 Å². The van der Waals surface area contributed by atoms with Crippen molar-refractivity contribution in [1.82, 2.24) is 16.0 Å². The predicted octanol–water partition coefficient (Wildman–Crippen LogP) is -2.10. The van der Waals surface area contributed by atoms with Gasteiger partial charge in [-0.05, 0) is 25.8 Å². The van der Waals surface area contributed by atoms with Gasteiger partial charge in [0.15, 0.2) is 6.29 Å². The fraction of sp³-hybridized carbons (Fsp3) is 0.577. The number of nitrogens with one attached hydrogen (secondary N) is 3. The number of aliphatic hydroxyl groups is 2. The van der Waals surface area contributed by atoms with Crippen LogP contribution in [0.15, 0.2) is 30.3 Å². The van der Waals surface area contributed by atoms with E-state index in [-0.39, 0.29) is 13.0 Å². The fourth-order valence-corrected chi connectivity index (χ4v) is 4.06. The van der Waals surface area contributed by atoms with Gasteiger partial charge >= 0.3 is 5.97 Å². The number of benzene rings is 1. The zero-order valence-electron chi connectivity index (χ0n) is 23.0. The van der Waals surface area contributed by atoms with E-state index >= 15 is 0 Å². The van der Waals surface area contributed by atoms with Crippen molar-refractivity contribution in [2.75, 3.05) is 6.61 Å². The summed E-state index contributed by atoms with van der Waals surface area (Å²) in [5.41, 5.74) is 6.02. The van der Waals surface area contributed by atoms with Gasteiger partial charge in [-0.1, -0.05) is 30.3 Å². The van der Waals surface area contributed by atoms with E-state index in [1.807, 2.05) is 30.3 Å². The molecule has 1 heterocycles. The Hall–Kier alpha value is -3.63. The number of hydrogen-bond acceptors (Lipinski definition) is 10. The molecule has 0 radical (unpaired) electrons. The van der Waals surface area contributed by atoms with Crippen LogP contribution in [0.4, 0.5) is 0 Å². The molecule has 4 amide bonds. The highest BCUT2D eigenvalue weighted by molar-refractivity contribution is 5.92. The molecule has 15 heteroatoms. The maximum absolute atomic E-state index is 12.9. The molecule has 0 bridgehead atoms. The Labute approximate surface area is 236 Å². The van der Waals surface area contributed by atoms with Crippen LogP contribution < -0.4 is 21.7 Å². The van der Waals surface area contributed by atoms with E-state index in [1.54, 1.807) is 0 Å². The summed E-state index contributed by atoms with van der Waals surface area (Å²) in [7, 11) is 0. The van der Waals surface area contributed by atoms with E-state index in [0.29, 0.717) is 0 Å². The van der Waals surface area contributed by atoms with Crippen molar-refractivity contribution in [2.45, 2.75) is 89.1 Å². The predicted molar refractivity (Wildman–Crippen MR) is 141 cm³/mol. The van der Waals surface area contributed by atoms with Gasteiger partial charge in [0.05, 0.1) is 13.2 Å². The zero-order chi connectivity index (χ0) is 30.7. The second kappa shape index (κ2) is 16.0. The monoisotopic (exact) mass is 582 g/mol.